The van der Waals surface area contributed by atoms with Crippen LogP contribution in [0.2, 0.25) is 0 Å². The maximum Gasteiger partial charge on any atom is 0.419 e. The molecule has 0 saturated heterocycles. The number of fused-ring (bicyclic) bond motifs is 1. The second-order valence-electron chi connectivity index (χ2n) is 5.60. The summed E-state index contributed by atoms with van der Waals surface area (Å²) in [5.41, 5.74) is 2.97. The van der Waals surface area contributed by atoms with Crippen molar-refractivity contribution in [3.8, 4) is 0 Å². The van der Waals surface area contributed by atoms with Gasteiger partial charge in [-0.2, -0.15) is 4.72 Å². The second-order valence-corrected chi connectivity index (χ2v) is 8.03. The third kappa shape index (κ3) is 3.69. The minimum Gasteiger partial charge on any atom is -0.408 e. The molecule has 1 amide bonds. The molecule has 1 aromatic carbocycles. The van der Waals surface area contributed by atoms with Gasteiger partial charge in [-0.1, -0.05) is 0 Å². The number of hydrogen-bond acceptors (Lipinski definition) is 7. The molecule has 0 aliphatic carbocycles. The lowest BCUT2D eigenvalue weighted by Crippen LogP contribution is -2.44. The predicted molar refractivity (Wildman–Crippen MR) is 95.2 cm³/mol. The number of aryl methyl sites for hydroxylation is 1. The number of nitrogens with zero attached hydrogens (tertiary/aromatic N) is 2. The van der Waals surface area contributed by atoms with Crippen molar-refractivity contribution in [1.82, 2.24) is 19.6 Å². The molecule has 0 radical (unpaired) electrons. The molecule has 138 valence electrons. The van der Waals surface area contributed by atoms with Crippen LogP contribution >= 0.6 is 11.3 Å². The van der Waals surface area contributed by atoms with Crippen LogP contribution in [-0.2, 0) is 28.4 Å². The topological polar surface area (TPSA) is 123 Å². The lowest BCUT2D eigenvalue weighted by atomic mass is 10.3. The standard InChI is InChI=1S/C15H16N4O5S2/c1-9(14(20)16-6-10-7-25-8-17-10)18-26(22,23)11-3-4-12-13(5-11)24-15(21)19(12)2/h3-5,7-9,18H,6H2,1-2H3,(H,16,20)/t9-/m0/s1. The Bertz CT molecular complexity index is 1100. The molecule has 3 rings (SSSR count). The zero-order valence-corrected chi connectivity index (χ0v) is 15.6. The van der Waals surface area contributed by atoms with Gasteiger partial charge in [-0.3, -0.25) is 9.36 Å². The Morgan fingerprint density at radius 2 is 2.19 bits per heavy atom. The summed E-state index contributed by atoms with van der Waals surface area (Å²) < 4.78 is 33.5. The van der Waals surface area contributed by atoms with Crippen molar-refractivity contribution >= 4 is 38.4 Å². The molecule has 0 aliphatic rings. The Labute approximate surface area is 152 Å². The van der Waals surface area contributed by atoms with Gasteiger partial charge in [0.1, 0.15) is 0 Å². The maximum absolute atomic E-state index is 12.5. The van der Waals surface area contributed by atoms with Gasteiger partial charge >= 0.3 is 5.76 Å². The highest BCUT2D eigenvalue weighted by atomic mass is 32.2. The van der Waals surface area contributed by atoms with Crippen molar-refractivity contribution < 1.29 is 17.6 Å². The van der Waals surface area contributed by atoms with Crippen LogP contribution in [0.3, 0.4) is 0 Å². The predicted octanol–water partition coefficient (Wildman–Crippen LogP) is 0.571. The number of carbonyl (C=O) groups excluding carboxylic acids is 1. The molecule has 0 spiro atoms. The fraction of sp³-hybridized carbons (Fsp3) is 0.267. The van der Waals surface area contributed by atoms with Crippen molar-refractivity contribution in [3.63, 3.8) is 0 Å². The summed E-state index contributed by atoms with van der Waals surface area (Å²) in [5, 5.41) is 4.40. The molecule has 0 bridgehead atoms. The van der Waals surface area contributed by atoms with Gasteiger partial charge < -0.3 is 9.73 Å². The summed E-state index contributed by atoms with van der Waals surface area (Å²) in [6.45, 7) is 1.66. The molecular weight excluding hydrogens is 380 g/mol. The van der Waals surface area contributed by atoms with E-state index >= 15 is 0 Å². The van der Waals surface area contributed by atoms with Gasteiger partial charge in [-0.15, -0.1) is 11.3 Å². The van der Waals surface area contributed by atoms with Crippen LogP contribution < -0.4 is 15.8 Å². The lowest BCUT2D eigenvalue weighted by molar-refractivity contribution is -0.122. The van der Waals surface area contributed by atoms with Crippen LogP contribution in [0.1, 0.15) is 12.6 Å². The first-order chi connectivity index (χ1) is 12.3. The zero-order chi connectivity index (χ0) is 18.9. The summed E-state index contributed by atoms with van der Waals surface area (Å²) in [6.07, 6.45) is 0. The first-order valence-electron chi connectivity index (χ1n) is 7.54. The molecule has 26 heavy (non-hydrogen) atoms. The highest BCUT2D eigenvalue weighted by Gasteiger charge is 2.23. The monoisotopic (exact) mass is 396 g/mol. The number of rotatable bonds is 6. The van der Waals surface area contributed by atoms with E-state index in [0.717, 1.165) is 0 Å². The fourth-order valence-corrected chi connectivity index (χ4v) is 4.07. The molecule has 1 atom stereocenters. The van der Waals surface area contributed by atoms with E-state index in [2.05, 4.69) is 15.0 Å². The summed E-state index contributed by atoms with van der Waals surface area (Å²) in [5.74, 6) is -1.06. The summed E-state index contributed by atoms with van der Waals surface area (Å²) in [4.78, 5) is 27.5. The number of sulfonamides is 1. The van der Waals surface area contributed by atoms with Gasteiger partial charge in [-0.25, -0.2) is 18.2 Å². The number of benzene rings is 1. The molecule has 11 heteroatoms. The molecule has 2 N–H and O–H groups in total. The van der Waals surface area contributed by atoms with Crippen molar-refractivity contribution in [3.05, 3.63) is 45.3 Å². The van der Waals surface area contributed by atoms with E-state index in [1.54, 1.807) is 10.9 Å². The maximum atomic E-state index is 12.5. The minimum atomic E-state index is -3.97. The van der Waals surface area contributed by atoms with E-state index in [1.807, 2.05) is 0 Å². The fourth-order valence-electron chi connectivity index (χ4n) is 2.29. The molecule has 0 saturated carbocycles. The summed E-state index contributed by atoms with van der Waals surface area (Å²) in [6, 6.07) is 3.08. The second kappa shape index (κ2) is 7.02. The quantitative estimate of drug-likeness (QED) is 0.628. The van der Waals surface area contributed by atoms with Crippen molar-refractivity contribution in [1.29, 1.82) is 0 Å². The van der Waals surface area contributed by atoms with Crippen molar-refractivity contribution in [2.24, 2.45) is 7.05 Å². The Kier molecular flexibility index (Phi) is 4.94. The Hall–Kier alpha value is -2.50. The van der Waals surface area contributed by atoms with Crippen molar-refractivity contribution in [2.45, 2.75) is 24.4 Å². The largest absolute Gasteiger partial charge is 0.419 e. The number of nitrogens with one attached hydrogen (secondary N) is 2. The number of carbonyl (C=O) groups is 1. The molecule has 0 fully saturated rings. The van der Waals surface area contributed by atoms with Gasteiger partial charge in [0.2, 0.25) is 15.9 Å². The Morgan fingerprint density at radius 1 is 1.42 bits per heavy atom. The van der Waals surface area contributed by atoms with E-state index in [4.69, 9.17) is 4.42 Å². The third-order valence-corrected chi connectivity index (χ3v) is 5.90. The highest BCUT2D eigenvalue weighted by molar-refractivity contribution is 7.89. The SMILES string of the molecule is C[C@H](NS(=O)(=O)c1ccc2c(c1)oc(=O)n2C)C(=O)NCc1cscn1. The lowest BCUT2D eigenvalue weighted by Gasteiger charge is -2.14. The van der Waals surface area contributed by atoms with Crippen LogP contribution in [0.4, 0.5) is 0 Å². The normalized spacial score (nSPS) is 13.0. The van der Waals surface area contributed by atoms with Gasteiger partial charge in [0.15, 0.2) is 5.58 Å². The Morgan fingerprint density at radius 3 is 2.88 bits per heavy atom. The first kappa shape index (κ1) is 18.3. The summed E-state index contributed by atoms with van der Waals surface area (Å²) in [7, 11) is -2.44. The first-order valence-corrected chi connectivity index (χ1v) is 9.97. The van der Waals surface area contributed by atoms with Crippen LogP contribution in [0, 0.1) is 0 Å². The molecule has 3 aromatic rings. The van der Waals surface area contributed by atoms with Crippen LogP contribution in [0.15, 0.2) is 43.2 Å². The van der Waals surface area contributed by atoms with Crippen LogP contribution in [-0.4, -0.2) is 29.9 Å². The van der Waals surface area contributed by atoms with E-state index in [-0.39, 0.29) is 17.0 Å². The molecule has 0 unspecified atom stereocenters. The highest BCUT2D eigenvalue weighted by Crippen LogP contribution is 2.18. The minimum absolute atomic E-state index is 0.0986. The van der Waals surface area contributed by atoms with Gasteiger partial charge in [0.25, 0.3) is 0 Å². The van der Waals surface area contributed by atoms with Gasteiger partial charge in [-0.05, 0) is 19.1 Å². The van der Waals surface area contributed by atoms with E-state index < -0.39 is 27.7 Å². The number of oxazole rings is 1. The molecule has 2 heterocycles. The molecule has 9 nitrogen and oxygen atoms in total. The van der Waals surface area contributed by atoms with Gasteiger partial charge in [0, 0.05) is 18.5 Å². The summed E-state index contributed by atoms with van der Waals surface area (Å²) >= 11 is 1.40. The number of hydrogen-bond donors (Lipinski definition) is 2. The Balaban J connectivity index is 1.73. The number of amides is 1. The third-order valence-electron chi connectivity index (χ3n) is 3.73. The van der Waals surface area contributed by atoms with Crippen LogP contribution in [0.25, 0.3) is 11.1 Å². The van der Waals surface area contributed by atoms with E-state index in [0.29, 0.717) is 11.2 Å². The number of aromatic nitrogens is 2. The average Bonchev–Trinajstić information content (AvgIpc) is 3.20. The average molecular weight is 396 g/mol. The van der Waals surface area contributed by atoms with Crippen molar-refractivity contribution in [2.75, 3.05) is 0 Å². The van der Waals surface area contributed by atoms with E-state index in [9.17, 15) is 18.0 Å². The molecular formula is C15H16N4O5S2. The zero-order valence-electron chi connectivity index (χ0n) is 13.9. The molecule has 2 aromatic heterocycles. The van der Waals surface area contributed by atoms with Crippen LogP contribution in [0.5, 0.6) is 0 Å². The number of thiazole rings is 1. The molecule has 0 aliphatic heterocycles. The van der Waals surface area contributed by atoms with E-state index in [1.165, 1.54) is 48.1 Å². The smallest absolute Gasteiger partial charge is 0.408 e. The van der Waals surface area contributed by atoms with Gasteiger partial charge in [0.05, 0.1) is 34.2 Å².